The van der Waals surface area contributed by atoms with E-state index in [-0.39, 0.29) is 43.3 Å². The van der Waals surface area contributed by atoms with Gasteiger partial charge in [-0.2, -0.15) is 4.98 Å². The minimum absolute atomic E-state index is 0.0221. The van der Waals surface area contributed by atoms with E-state index in [1.165, 1.54) is 23.1 Å². The van der Waals surface area contributed by atoms with Crippen LogP contribution in [0, 0.1) is 23.1 Å². The predicted octanol–water partition coefficient (Wildman–Crippen LogP) is 4.76. The predicted molar refractivity (Wildman–Crippen MR) is 175 cm³/mol. The van der Waals surface area contributed by atoms with Crippen LogP contribution in [-0.4, -0.2) is 71.4 Å². The first-order valence-corrected chi connectivity index (χ1v) is 18.7. The number of rotatable bonds is 7. The van der Waals surface area contributed by atoms with Crippen molar-refractivity contribution >= 4 is 44.7 Å². The van der Waals surface area contributed by atoms with Crippen molar-refractivity contribution in [2.75, 3.05) is 6.54 Å². The highest BCUT2D eigenvalue weighted by Crippen LogP contribution is 2.57. The van der Waals surface area contributed by atoms with Gasteiger partial charge >= 0.3 is 12.0 Å². The fraction of sp³-hybridized carbons (Fsp3) is 0.629. The minimum atomic E-state index is -3.85. The lowest BCUT2D eigenvalue weighted by Gasteiger charge is -2.29. The molecule has 2 aliphatic carbocycles. The molecular formula is C35H44FN3O9S. The molecule has 0 unspecified atom stereocenters. The van der Waals surface area contributed by atoms with E-state index in [9.17, 15) is 32.0 Å². The summed E-state index contributed by atoms with van der Waals surface area (Å²) in [5, 5.41) is -0.607. The molecule has 266 valence electrons. The number of sulfonamides is 1. The number of aromatic nitrogens is 1. The molecule has 14 heteroatoms. The van der Waals surface area contributed by atoms with Crippen LogP contribution in [0.2, 0.25) is 0 Å². The average Bonchev–Trinajstić information content (AvgIpc) is 3.90. The van der Waals surface area contributed by atoms with Crippen molar-refractivity contribution < 1.29 is 45.9 Å². The largest absolute Gasteiger partial charge is 0.460 e. The van der Waals surface area contributed by atoms with Gasteiger partial charge in [-0.05, 0) is 77.3 Å². The van der Waals surface area contributed by atoms with E-state index in [0.717, 1.165) is 19.3 Å². The second-order valence-electron chi connectivity index (χ2n) is 14.9. The molecule has 49 heavy (non-hydrogen) atoms. The van der Waals surface area contributed by atoms with Crippen LogP contribution in [0.5, 0.6) is 6.08 Å². The lowest BCUT2D eigenvalue weighted by Crippen LogP contribution is -2.46. The Kier molecular flexibility index (Phi) is 9.64. The number of nitrogens with zero attached hydrogens (tertiary/aromatic N) is 2. The summed E-state index contributed by atoms with van der Waals surface area (Å²) in [6, 6.07) is 2.84. The third-order valence-corrected chi connectivity index (χ3v) is 11.6. The van der Waals surface area contributed by atoms with Gasteiger partial charge in [-0.1, -0.05) is 25.0 Å². The van der Waals surface area contributed by atoms with Gasteiger partial charge in [-0.15, -0.1) is 0 Å². The van der Waals surface area contributed by atoms with Crippen molar-refractivity contribution in [3.05, 3.63) is 36.2 Å². The molecule has 2 aliphatic heterocycles. The van der Waals surface area contributed by atoms with Crippen LogP contribution in [0.25, 0.3) is 11.1 Å². The third kappa shape index (κ3) is 8.16. The first kappa shape index (κ1) is 35.0. The Morgan fingerprint density at radius 3 is 2.65 bits per heavy atom. The SMILES string of the molecule is CC(C)(C)OC(=O)C[C@H]1CCCCC/C=C\[C@H]2C[C@@]2(C(=O)NS(=O)(=O)C2CC2)CC(=O)[C@@H]2C[C@@H](Oc3nc4cc(F)ccc4o3)CN2C1=O. The molecule has 1 aromatic carbocycles. The maximum absolute atomic E-state index is 14.3. The number of halogens is 1. The van der Waals surface area contributed by atoms with Gasteiger partial charge < -0.3 is 18.8 Å². The summed E-state index contributed by atoms with van der Waals surface area (Å²) in [4.78, 5) is 60.8. The normalized spacial score (nSPS) is 28.9. The van der Waals surface area contributed by atoms with Crippen LogP contribution in [0.4, 0.5) is 4.39 Å². The quantitative estimate of drug-likeness (QED) is 0.315. The number of ether oxygens (including phenoxy) is 2. The number of Topliss-reactive ketones (excluding diaryl/α,β-unsaturated/α-hetero) is 1. The van der Waals surface area contributed by atoms with Crippen LogP contribution < -0.4 is 9.46 Å². The summed E-state index contributed by atoms with van der Waals surface area (Å²) >= 11 is 0. The number of hydrogen-bond donors (Lipinski definition) is 1. The summed E-state index contributed by atoms with van der Waals surface area (Å²) in [7, 11) is -3.85. The zero-order valence-corrected chi connectivity index (χ0v) is 28.9. The molecule has 5 atom stereocenters. The van der Waals surface area contributed by atoms with Gasteiger partial charge in [-0.25, -0.2) is 12.8 Å². The van der Waals surface area contributed by atoms with Crippen molar-refractivity contribution in [3.8, 4) is 6.08 Å². The molecule has 1 aromatic heterocycles. The van der Waals surface area contributed by atoms with Gasteiger partial charge in [0.2, 0.25) is 21.8 Å². The van der Waals surface area contributed by atoms with Crippen molar-refractivity contribution in [1.82, 2.24) is 14.6 Å². The zero-order chi connectivity index (χ0) is 35.1. The van der Waals surface area contributed by atoms with Crippen LogP contribution >= 0.6 is 0 Å². The standard InChI is InChI=1S/C35H44FN3O9S/c1-34(2,3)48-30(41)15-21-9-7-5-4-6-8-10-22-18-35(22,32(43)38-49(44,45)25-12-13-25)19-28(40)27-17-24(20-39(27)31(21)42)46-33-37-26-16-23(36)11-14-29(26)47-33/h8,10-11,14,16,21-22,24-25,27H,4-7,9,12-13,15,17-20H2,1-3H3,(H,38,43)/b10-8-/t21-,22+,24-,27+,35-/m1/s1. The highest BCUT2D eigenvalue weighted by atomic mass is 32.2. The fourth-order valence-electron chi connectivity index (χ4n) is 6.98. The molecule has 1 N–H and O–H groups in total. The van der Waals surface area contributed by atoms with Crippen LogP contribution in [-0.2, 0) is 33.9 Å². The Bertz CT molecular complexity index is 1760. The molecule has 6 rings (SSSR count). The molecule has 2 saturated carbocycles. The number of hydrogen-bond acceptors (Lipinski definition) is 10. The first-order chi connectivity index (χ1) is 23.1. The fourth-order valence-corrected chi connectivity index (χ4v) is 8.36. The summed E-state index contributed by atoms with van der Waals surface area (Å²) in [5.74, 6) is -3.60. The van der Waals surface area contributed by atoms with E-state index in [4.69, 9.17) is 13.9 Å². The Morgan fingerprint density at radius 2 is 1.92 bits per heavy atom. The number of carbonyl (C=O) groups is 4. The van der Waals surface area contributed by atoms with E-state index < -0.39 is 73.7 Å². The number of fused-ring (bicyclic) bond motifs is 3. The summed E-state index contributed by atoms with van der Waals surface area (Å²) in [5.41, 5.74) is -1.46. The molecule has 0 radical (unpaired) electrons. The molecule has 0 spiro atoms. The second kappa shape index (κ2) is 13.5. The highest BCUT2D eigenvalue weighted by molar-refractivity contribution is 7.90. The molecule has 0 bridgehead atoms. The molecule has 4 aliphatic rings. The topological polar surface area (TPSA) is 162 Å². The summed E-state index contributed by atoms with van der Waals surface area (Å²) in [6.45, 7) is 5.23. The number of allylic oxidation sites excluding steroid dienone is 2. The molecule has 12 nitrogen and oxygen atoms in total. The van der Waals surface area contributed by atoms with E-state index >= 15 is 0 Å². The first-order valence-electron chi connectivity index (χ1n) is 17.1. The van der Waals surface area contributed by atoms with Crippen LogP contribution in [0.15, 0.2) is 34.8 Å². The molecular weight excluding hydrogens is 657 g/mol. The minimum Gasteiger partial charge on any atom is -0.460 e. The van der Waals surface area contributed by atoms with Gasteiger partial charge in [0.15, 0.2) is 11.4 Å². The van der Waals surface area contributed by atoms with Crippen LogP contribution in [0.1, 0.15) is 91.4 Å². The number of benzene rings is 1. The van der Waals surface area contributed by atoms with Gasteiger partial charge in [0.1, 0.15) is 23.0 Å². The average molecular weight is 702 g/mol. The maximum atomic E-state index is 14.3. The number of nitrogens with one attached hydrogen (secondary N) is 1. The lowest BCUT2D eigenvalue weighted by molar-refractivity contribution is -0.159. The number of oxazole rings is 1. The molecule has 1 saturated heterocycles. The van der Waals surface area contributed by atoms with E-state index in [0.29, 0.717) is 37.7 Å². The molecule has 3 fully saturated rings. The maximum Gasteiger partial charge on any atom is 0.394 e. The smallest absolute Gasteiger partial charge is 0.394 e. The van der Waals surface area contributed by atoms with Gasteiger partial charge in [0.05, 0.1) is 29.7 Å². The molecule has 3 heterocycles. The number of esters is 1. The molecule has 2 aromatic rings. The van der Waals surface area contributed by atoms with Crippen molar-refractivity contribution in [1.29, 1.82) is 0 Å². The van der Waals surface area contributed by atoms with Crippen molar-refractivity contribution in [3.63, 3.8) is 0 Å². The zero-order valence-electron chi connectivity index (χ0n) is 28.1. The van der Waals surface area contributed by atoms with E-state index in [1.54, 1.807) is 20.8 Å². The van der Waals surface area contributed by atoms with Crippen LogP contribution in [0.3, 0.4) is 0 Å². The Labute approximate surface area is 285 Å². The highest BCUT2D eigenvalue weighted by Gasteiger charge is 2.61. The number of ketones is 1. The summed E-state index contributed by atoms with van der Waals surface area (Å²) < 4.78 is 58.8. The molecule has 2 amide bonds. The number of carbonyl (C=O) groups excluding carboxylic acids is 4. The lowest BCUT2D eigenvalue weighted by atomic mass is 9.90. The van der Waals surface area contributed by atoms with Crippen molar-refractivity contribution in [2.45, 2.75) is 114 Å². The second-order valence-corrected chi connectivity index (χ2v) is 16.9. The van der Waals surface area contributed by atoms with Gasteiger partial charge in [0.25, 0.3) is 0 Å². The van der Waals surface area contributed by atoms with Gasteiger partial charge in [0, 0.05) is 24.8 Å². The van der Waals surface area contributed by atoms with E-state index in [2.05, 4.69) is 9.71 Å². The Hall–Kier alpha value is -3.81. The Balaban J connectivity index is 1.28. The van der Waals surface area contributed by atoms with Gasteiger partial charge in [-0.3, -0.25) is 23.9 Å². The number of amides is 2. The monoisotopic (exact) mass is 701 g/mol. The summed E-state index contributed by atoms with van der Waals surface area (Å²) in [6.07, 6.45) is 7.31. The third-order valence-electron chi connectivity index (χ3n) is 9.76. The van der Waals surface area contributed by atoms with E-state index in [1.807, 2.05) is 12.2 Å². The van der Waals surface area contributed by atoms with Crippen molar-refractivity contribution in [2.24, 2.45) is 17.3 Å². The Morgan fingerprint density at radius 1 is 1.14 bits per heavy atom.